The van der Waals surface area contributed by atoms with Crippen molar-refractivity contribution >= 4 is 28.5 Å². The van der Waals surface area contributed by atoms with Gasteiger partial charge in [0.1, 0.15) is 5.75 Å². The normalized spacial score (nSPS) is 9.35. The standard InChI is InChI=1S/C13H13ClO2S/c1-10(15)17-8-4-3-5-11-9-12(16-2)6-7-13(11)14/h6-7,9H,4,8H2,1-2H3. The van der Waals surface area contributed by atoms with E-state index < -0.39 is 0 Å². The number of hydrogen-bond donors (Lipinski definition) is 0. The summed E-state index contributed by atoms with van der Waals surface area (Å²) in [6.07, 6.45) is 0.664. The van der Waals surface area contributed by atoms with Gasteiger partial charge in [0.05, 0.1) is 12.1 Å². The Bertz CT molecular complexity index is 460. The summed E-state index contributed by atoms with van der Waals surface area (Å²) in [7, 11) is 1.60. The molecule has 0 aliphatic rings. The van der Waals surface area contributed by atoms with E-state index in [2.05, 4.69) is 11.8 Å². The van der Waals surface area contributed by atoms with Gasteiger partial charge >= 0.3 is 0 Å². The average molecular weight is 269 g/mol. The Hall–Kier alpha value is -1.11. The van der Waals surface area contributed by atoms with Crippen molar-refractivity contribution < 1.29 is 9.53 Å². The molecule has 0 atom stereocenters. The lowest BCUT2D eigenvalue weighted by Crippen LogP contribution is -1.86. The highest BCUT2D eigenvalue weighted by atomic mass is 35.5. The summed E-state index contributed by atoms with van der Waals surface area (Å²) >= 11 is 7.28. The molecule has 2 nitrogen and oxygen atoms in total. The summed E-state index contributed by atoms with van der Waals surface area (Å²) in [6.45, 7) is 1.55. The summed E-state index contributed by atoms with van der Waals surface area (Å²) in [5, 5.41) is 0.726. The summed E-state index contributed by atoms with van der Waals surface area (Å²) in [5.74, 6) is 7.41. The fraction of sp³-hybridized carbons (Fsp3) is 0.308. The second-order valence-corrected chi connectivity index (χ2v) is 4.92. The van der Waals surface area contributed by atoms with Crippen LogP contribution in [0.15, 0.2) is 18.2 Å². The molecule has 1 aromatic rings. The van der Waals surface area contributed by atoms with Crippen LogP contribution in [-0.4, -0.2) is 18.0 Å². The molecule has 1 rings (SSSR count). The maximum Gasteiger partial charge on any atom is 0.185 e. The maximum absolute atomic E-state index is 10.7. The highest BCUT2D eigenvalue weighted by molar-refractivity contribution is 8.13. The third-order valence-electron chi connectivity index (χ3n) is 1.93. The van der Waals surface area contributed by atoms with Crippen molar-refractivity contribution in [3.05, 3.63) is 28.8 Å². The molecular weight excluding hydrogens is 256 g/mol. The molecule has 0 spiro atoms. The van der Waals surface area contributed by atoms with Crippen molar-refractivity contribution in [2.24, 2.45) is 0 Å². The molecule has 0 aliphatic heterocycles. The molecule has 0 aliphatic carbocycles. The number of carbonyl (C=O) groups excluding carboxylic acids is 1. The van der Waals surface area contributed by atoms with Crippen LogP contribution in [0, 0.1) is 11.8 Å². The Kier molecular flexibility index (Phi) is 5.96. The highest BCUT2D eigenvalue weighted by Crippen LogP contribution is 2.20. The largest absolute Gasteiger partial charge is 0.497 e. The molecule has 0 N–H and O–H groups in total. The molecule has 90 valence electrons. The van der Waals surface area contributed by atoms with E-state index in [1.165, 1.54) is 11.8 Å². The van der Waals surface area contributed by atoms with Crippen molar-refractivity contribution in [1.29, 1.82) is 0 Å². The van der Waals surface area contributed by atoms with Gasteiger partial charge in [0, 0.05) is 24.7 Å². The highest BCUT2D eigenvalue weighted by Gasteiger charge is 1.99. The number of ether oxygens (including phenoxy) is 1. The average Bonchev–Trinajstić information content (AvgIpc) is 2.30. The van der Waals surface area contributed by atoms with Gasteiger partial charge in [-0.3, -0.25) is 4.79 Å². The van der Waals surface area contributed by atoms with Crippen LogP contribution in [0.5, 0.6) is 5.75 Å². The molecule has 0 amide bonds. The maximum atomic E-state index is 10.7. The number of methoxy groups -OCH3 is 1. The smallest absolute Gasteiger partial charge is 0.185 e. The monoisotopic (exact) mass is 268 g/mol. The zero-order valence-electron chi connectivity index (χ0n) is 9.75. The number of carbonyl (C=O) groups is 1. The van der Waals surface area contributed by atoms with Gasteiger partial charge in [-0.2, -0.15) is 0 Å². The van der Waals surface area contributed by atoms with E-state index in [1.807, 2.05) is 0 Å². The summed E-state index contributed by atoms with van der Waals surface area (Å²) in [6, 6.07) is 5.35. The van der Waals surface area contributed by atoms with Gasteiger partial charge in [-0.1, -0.05) is 35.2 Å². The van der Waals surface area contributed by atoms with E-state index in [-0.39, 0.29) is 5.12 Å². The van der Waals surface area contributed by atoms with Gasteiger partial charge in [0.2, 0.25) is 0 Å². The SMILES string of the molecule is COc1ccc(Cl)c(C#CCCSC(C)=O)c1. The Balaban J connectivity index is 2.61. The molecule has 0 heterocycles. The number of hydrogen-bond acceptors (Lipinski definition) is 3. The molecule has 4 heteroatoms. The fourth-order valence-electron chi connectivity index (χ4n) is 1.13. The molecular formula is C13H13ClO2S. The Labute approximate surface area is 111 Å². The lowest BCUT2D eigenvalue weighted by atomic mass is 10.2. The van der Waals surface area contributed by atoms with Gasteiger partial charge in [0.15, 0.2) is 5.12 Å². The molecule has 1 aromatic carbocycles. The first-order valence-electron chi connectivity index (χ1n) is 5.09. The Morgan fingerprint density at radius 1 is 1.53 bits per heavy atom. The third-order valence-corrected chi connectivity index (χ3v) is 3.07. The topological polar surface area (TPSA) is 26.3 Å². The van der Waals surface area contributed by atoms with Gasteiger partial charge in [0.25, 0.3) is 0 Å². The minimum absolute atomic E-state index is 0.117. The van der Waals surface area contributed by atoms with Gasteiger partial charge in [-0.25, -0.2) is 0 Å². The van der Waals surface area contributed by atoms with Crippen LogP contribution < -0.4 is 4.74 Å². The second kappa shape index (κ2) is 7.26. The zero-order valence-corrected chi connectivity index (χ0v) is 11.3. The summed E-state index contributed by atoms with van der Waals surface area (Å²) < 4.78 is 5.09. The minimum atomic E-state index is 0.117. The van der Waals surface area contributed by atoms with Crippen molar-refractivity contribution in [1.82, 2.24) is 0 Å². The van der Waals surface area contributed by atoms with Crippen LogP contribution >= 0.6 is 23.4 Å². The number of benzene rings is 1. The van der Waals surface area contributed by atoms with Gasteiger partial charge in [-0.05, 0) is 18.2 Å². The molecule has 0 bridgehead atoms. The minimum Gasteiger partial charge on any atom is -0.497 e. The number of halogens is 1. The first kappa shape index (κ1) is 14.0. The molecule has 0 saturated carbocycles. The van der Waals surface area contributed by atoms with E-state index in [9.17, 15) is 4.79 Å². The fourth-order valence-corrected chi connectivity index (χ4v) is 1.79. The molecule has 17 heavy (non-hydrogen) atoms. The molecule has 0 fully saturated rings. The zero-order chi connectivity index (χ0) is 12.7. The van der Waals surface area contributed by atoms with E-state index >= 15 is 0 Å². The quantitative estimate of drug-likeness (QED) is 0.621. The Morgan fingerprint density at radius 3 is 2.94 bits per heavy atom. The van der Waals surface area contributed by atoms with Crippen LogP contribution in [0.3, 0.4) is 0 Å². The van der Waals surface area contributed by atoms with Crippen LogP contribution in [0.4, 0.5) is 0 Å². The lowest BCUT2D eigenvalue weighted by molar-refractivity contribution is -0.109. The second-order valence-electron chi connectivity index (χ2n) is 3.24. The third kappa shape index (κ3) is 5.16. The van der Waals surface area contributed by atoms with Crippen LogP contribution in [-0.2, 0) is 4.79 Å². The Morgan fingerprint density at radius 2 is 2.29 bits per heavy atom. The first-order valence-corrected chi connectivity index (χ1v) is 6.45. The predicted molar refractivity (Wildman–Crippen MR) is 72.6 cm³/mol. The van der Waals surface area contributed by atoms with E-state index in [1.54, 1.807) is 32.2 Å². The summed E-state index contributed by atoms with van der Waals surface area (Å²) in [4.78, 5) is 10.7. The van der Waals surface area contributed by atoms with Crippen molar-refractivity contribution in [3.8, 4) is 17.6 Å². The van der Waals surface area contributed by atoms with E-state index in [0.717, 1.165) is 11.3 Å². The van der Waals surface area contributed by atoms with Gasteiger partial charge in [-0.15, -0.1) is 0 Å². The van der Waals surface area contributed by atoms with Crippen molar-refractivity contribution in [2.45, 2.75) is 13.3 Å². The van der Waals surface area contributed by atoms with E-state index in [4.69, 9.17) is 16.3 Å². The number of rotatable bonds is 3. The predicted octanol–water partition coefficient (Wildman–Crippen LogP) is 3.37. The summed E-state index contributed by atoms with van der Waals surface area (Å²) in [5.41, 5.74) is 0.749. The lowest BCUT2D eigenvalue weighted by Gasteiger charge is -2.01. The number of thioether (sulfide) groups is 1. The van der Waals surface area contributed by atoms with Crippen LogP contribution in [0.1, 0.15) is 18.9 Å². The molecule has 0 unspecified atom stereocenters. The van der Waals surface area contributed by atoms with Crippen molar-refractivity contribution in [2.75, 3.05) is 12.9 Å². The van der Waals surface area contributed by atoms with Crippen LogP contribution in [0.25, 0.3) is 0 Å². The van der Waals surface area contributed by atoms with E-state index in [0.29, 0.717) is 17.2 Å². The van der Waals surface area contributed by atoms with Crippen molar-refractivity contribution in [3.63, 3.8) is 0 Å². The molecule has 0 saturated heterocycles. The van der Waals surface area contributed by atoms with Gasteiger partial charge < -0.3 is 4.74 Å². The first-order chi connectivity index (χ1) is 8.13. The van der Waals surface area contributed by atoms with Crippen LogP contribution in [0.2, 0.25) is 5.02 Å². The molecule has 0 radical (unpaired) electrons. The molecule has 0 aromatic heterocycles.